The van der Waals surface area contributed by atoms with Gasteiger partial charge in [0.15, 0.2) is 17.0 Å². The van der Waals surface area contributed by atoms with Gasteiger partial charge in [-0.1, -0.05) is 0 Å². The number of nitrogens with two attached hydrogens (primary N) is 1. The average Bonchev–Trinajstić information content (AvgIpc) is 2.98. The predicted octanol–water partition coefficient (Wildman–Crippen LogP) is -2.28. The van der Waals surface area contributed by atoms with Crippen molar-refractivity contribution in [3.05, 3.63) is 46.2 Å². The molecule has 3 aromatic rings. The van der Waals surface area contributed by atoms with Crippen LogP contribution in [0.1, 0.15) is 16.1 Å². The van der Waals surface area contributed by atoms with Crippen molar-refractivity contribution in [2.45, 2.75) is 6.42 Å². The van der Waals surface area contributed by atoms with Gasteiger partial charge in [0.2, 0.25) is 0 Å². The van der Waals surface area contributed by atoms with Gasteiger partial charge in [0.05, 0.1) is 22.7 Å². The second-order valence-electron chi connectivity index (χ2n) is 5.94. The molecule has 0 radical (unpaired) electrons. The van der Waals surface area contributed by atoms with Gasteiger partial charge in [0.1, 0.15) is 12.1 Å². The molecule has 0 aliphatic rings. The highest BCUT2D eigenvalue weighted by atomic mass is 16.8. The van der Waals surface area contributed by atoms with Crippen LogP contribution in [0.3, 0.4) is 0 Å². The highest BCUT2D eigenvalue weighted by Gasteiger charge is 2.17. The number of nitrogens with one attached hydrogen (secondary N) is 3. The summed E-state index contributed by atoms with van der Waals surface area (Å²) < 4.78 is 1.56. The molecule has 0 spiro atoms. The molecule has 28 heavy (non-hydrogen) atoms. The van der Waals surface area contributed by atoms with Gasteiger partial charge in [-0.3, -0.25) is 9.48 Å². The SMILES string of the molecule is Cn1nc(CCNC(=O)c2cc([NH+]([O-])O)cc([NH+]([O-])O)c2)c2c(N)ncnc21. The molecule has 2 aromatic heterocycles. The molecule has 0 aliphatic heterocycles. The van der Waals surface area contributed by atoms with Crippen LogP contribution in [0.25, 0.3) is 11.0 Å². The number of rotatable bonds is 6. The first kappa shape index (κ1) is 19.6. The number of fused-ring (bicyclic) bond motifs is 1. The van der Waals surface area contributed by atoms with E-state index in [-0.39, 0.29) is 29.3 Å². The van der Waals surface area contributed by atoms with Crippen LogP contribution in [0.15, 0.2) is 24.5 Å². The molecule has 0 fully saturated rings. The molecule has 0 saturated carbocycles. The van der Waals surface area contributed by atoms with Crippen molar-refractivity contribution in [3.8, 4) is 0 Å². The summed E-state index contributed by atoms with van der Waals surface area (Å²) in [6, 6.07) is 3.22. The van der Waals surface area contributed by atoms with Crippen LogP contribution in [0, 0.1) is 10.4 Å². The van der Waals surface area contributed by atoms with E-state index in [1.54, 1.807) is 11.7 Å². The first-order valence-corrected chi connectivity index (χ1v) is 8.10. The average molecular weight is 390 g/mol. The summed E-state index contributed by atoms with van der Waals surface area (Å²) in [6.45, 7) is 0.166. The van der Waals surface area contributed by atoms with Gasteiger partial charge in [-0.15, -0.1) is 0 Å². The summed E-state index contributed by atoms with van der Waals surface area (Å²) >= 11 is 0. The summed E-state index contributed by atoms with van der Waals surface area (Å²) in [4.78, 5) is 20.4. The molecule has 148 valence electrons. The number of aryl methyl sites for hydroxylation is 1. The number of carbonyl (C=O) groups excluding carboxylic acids is 1. The molecule has 1 amide bonds. The van der Waals surface area contributed by atoms with Crippen LogP contribution in [0.5, 0.6) is 0 Å². The van der Waals surface area contributed by atoms with Crippen molar-refractivity contribution >= 4 is 34.1 Å². The molecular formula is C15H18N8O5. The zero-order chi connectivity index (χ0) is 20.4. The molecule has 3 rings (SSSR count). The summed E-state index contributed by atoms with van der Waals surface area (Å²) in [7, 11) is 1.71. The molecule has 0 bridgehead atoms. The number of hydrogen-bond acceptors (Lipinski definition) is 9. The largest absolute Gasteiger partial charge is 0.595 e. The number of quaternary nitrogens is 2. The van der Waals surface area contributed by atoms with Gasteiger partial charge < -0.3 is 21.5 Å². The second kappa shape index (κ2) is 7.81. The molecule has 0 aliphatic carbocycles. The Morgan fingerprint density at radius 3 is 2.46 bits per heavy atom. The molecular weight excluding hydrogens is 372 g/mol. The lowest BCUT2D eigenvalue weighted by Gasteiger charge is -2.17. The molecule has 2 unspecified atom stereocenters. The Morgan fingerprint density at radius 1 is 1.21 bits per heavy atom. The zero-order valence-corrected chi connectivity index (χ0v) is 14.7. The molecule has 2 atom stereocenters. The number of benzene rings is 1. The van der Waals surface area contributed by atoms with Crippen molar-refractivity contribution < 1.29 is 25.7 Å². The van der Waals surface area contributed by atoms with Gasteiger partial charge in [0.25, 0.3) is 5.91 Å². The molecule has 13 nitrogen and oxygen atoms in total. The van der Waals surface area contributed by atoms with Crippen LogP contribution >= 0.6 is 0 Å². The first-order chi connectivity index (χ1) is 13.3. The number of nitrogen functional groups attached to an aromatic ring is 1. The summed E-state index contributed by atoms with van der Waals surface area (Å²) in [5.74, 6) is -0.324. The van der Waals surface area contributed by atoms with E-state index >= 15 is 0 Å². The summed E-state index contributed by atoms with van der Waals surface area (Å²) in [5, 5.41) is 45.4. The van der Waals surface area contributed by atoms with E-state index in [0.717, 1.165) is 18.2 Å². The Labute approximate surface area is 157 Å². The summed E-state index contributed by atoms with van der Waals surface area (Å²) in [5.41, 5.74) is 6.41. The van der Waals surface area contributed by atoms with Crippen molar-refractivity contribution in [2.24, 2.45) is 7.05 Å². The second-order valence-corrected chi connectivity index (χ2v) is 5.94. The third-order valence-corrected chi connectivity index (χ3v) is 4.06. The number of nitrogens with zero attached hydrogens (tertiary/aromatic N) is 4. The number of carbonyl (C=O) groups is 1. The highest BCUT2D eigenvalue weighted by molar-refractivity contribution is 5.95. The fraction of sp³-hybridized carbons (Fsp3) is 0.200. The summed E-state index contributed by atoms with van der Waals surface area (Å²) in [6.07, 6.45) is 1.66. The van der Waals surface area contributed by atoms with Crippen LogP contribution in [0.2, 0.25) is 0 Å². The van der Waals surface area contributed by atoms with Crippen molar-refractivity contribution in [3.63, 3.8) is 0 Å². The quantitative estimate of drug-likeness (QED) is 0.251. The smallest absolute Gasteiger partial charge is 0.251 e. The van der Waals surface area contributed by atoms with Crippen molar-refractivity contribution in [2.75, 3.05) is 12.3 Å². The van der Waals surface area contributed by atoms with Crippen LogP contribution in [-0.2, 0) is 13.5 Å². The topological polar surface area (TPSA) is 194 Å². The van der Waals surface area contributed by atoms with E-state index in [2.05, 4.69) is 20.4 Å². The Kier molecular flexibility index (Phi) is 5.46. The van der Waals surface area contributed by atoms with E-state index in [0.29, 0.717) is 23.1 Å². The monoisotopic (exact) mass is 390 g/mol. The van der Waals surface area contributed by atoms with Gasteiger partial charge in [0, 0.05) is 32.1 Å². The van der Waals surface area contributed by atoms with E-state index in [1.807, 2.05) is 0 Å². The highest BCUT2D eigenvalue weighted by Crippen LogP contribution is 2.20. The number of aromatic nitrogens is 4. The van der Waals surface area contributed by atoms with Crippen molar-refractivity contribution in [1.29, 1.82) is 0 Å². The van der Waals surface area contributed by atoms with E-state index in [4.69, 9.17) is 16.1 Å². The Hall–Kier alpha value is -3.20. The predicted molar refractivity (Wildman–Crippen MR) is 94.7 cm³/mol. The maximum atomic E-state index is 12.3. The van der Waals surface area contributed by atoms with Gasteiger partial charge >= 0.3 is 0 Å². The minimum Gasteiger partial charge on any atom is -0.595 e. The lowest BCUT2D eigenvalue weighted by atomic mass is 10.1. The Bertz CT molecular complexity index is 993. The molecule has 7 N–H and O–H groups in total. The van der Waals surface area contributed by atoms with Gasteiger partial charge in [-0.25, -0.2) is 20.4 Å². The number of hydrogen-bond donors (Lipinski definition) is 6. The van der Waals surface area contributed by atoms with Crippen molar-refractivity contribution in [1.82, 2.24) is 25.1 Å². The fourth-order valence-electron chi connectivity index (χ4n) is 2.77. The zero-order valence-electron chi connectivity index (χ0n) is 14.7. The minimum absolute atomic E-state index is 0.0639. The van der Waals surface area contributed by atoms with E-state index in [1.165, 1.54) is 6.33 Å². The van der Waals surface area contributed by atoms with Gasteiger partial charge in [-0.05, 0) is 0 Å². The number of amides is 1. The van der Waals surface area contributed by atoms with E-state index in [9.17, 15) is 15.2 Å². The van der Waals surface area contributed by atoms with Gasteiger partial charge in [-0.2, -0.15) is 15.6 Å². The molecule has 0 saturated heterocycles. The first-order valence-electron chi connectivity index (χ1n) is 8.10. The van der Waals surface area contributed by atoms with Crippen LogP contribution in [0.4, 0.5) is 17.2 Å². The normalized spacial score (nSPS) is 13.5. The minimum atomic E-state index is -1.33. The third kappa shape index (κ3) is 3.89. The molecule has 13 heteroatoms. The number of anilines is 1. The fourth-order valence-corrected chi connectivity index (χ4v) is 2.77. The lowest BCUT2D eigenvalue weighted by Crippen LogP contribution is -3.00. The molecule has 1 aromatic carbocycles. The van der Waals surface area contributed by atoms with E-state index < -0.39 is 16.4 Å². The van der Waals surface area contributed by atoms with Crippen LogP contribution < -0.4 is 21.5 Å². The molecule has 2 heterocycles. The maximum Gasteiger partial charge on any atom is 0.251 e. The lowest BCUT2D eigenvalue weighted by molar-refractivity contribution is -0.996. The Balaban J connectivity index is 1.75. The van der Waals surface area contributed by atoms with Crippen LogP contribution in [-0.4, -0.2) is 42.6 Å². The standard InChI is InChI=1S/C15H18N8O5/c1-21-14-12(13(16)18-7-19-14)11(20-21)2-3-17-15(24)8-4-9(22(25)26)6-10(5-8)23(27)28/h4-7,22-23,25,27H,2-3H2,1H3,(H,17,24)(H2,16,18,19). The Morgan fingerprint density at radius 2 is 1.86 bits per heavy atom. The third-order valence-electron chi connectivity index (χ3n) is 4.06. The maximum absolute atomic E-state index is 12.3.